The van der Waals surface area contributed by atoms with Gasteiger partial charge in [-0.1, -0.05) is 25.1 Å². The van der Waals surface area contributed by atoms with E-state index >= 15 is 0 Å². The van der Waals surface area contributed by atoms with Crippen molar-refractivity contribution in [1.82, 2.24) is 0 Å². The Labute approximate surface area is 65.4 Å². The predicted octanol–water partition coefficient (Wildman–Crippen LogP) is 3.34. The molecule has 0 aliphatic rings. The molecule has 0 saturated carbocycles. The van der Waals surface area contributed by atoms with Crippen LogP contribution in [0, 0.1) is 6.92 Å². The molecule has 0 bridgehead atoms. The van der Waals surface area contributed by atoms with Crippen molar-refractivity contribution >= 4 is 11.8 Å². The zero-order chi connectivity index (χ0) is 8.04. The fourth-order valence-electron chi connectivity index (χ4n) is 0.604. The molecule has 0 rings (SSSR count). The van der Waals surface area contributed by atoms with Gasteiger partial charge < -0.3 is 0 Å². The maximum absolute atomic E-state index is 12.5. The zero-order valence-electron chi connectivity index (χ0n) is 6.20. The Morgan fingerprint density at radius 1 is 1.50 bits per heavy atom. The number of halogens is 2. The first-order chi connectivity index (χ1) is 4.62. The second-order valence-electron chi connectivity index (χ2n) is 2.09. The summed E-state index contributed by atoms with van der Waals surface area (Å²) >= 11 is 0.629. The van der Waals surface area contributed by atoms with Crippen LogP contribution in [0.5, 0.6) is 0 Å². The minimum atomic E-state index is -2.54. The van der Waals surface area contributed by atoms with E-state index in [1.165, 1.54) is 0 Å². The second kappa shape index (κ2) is 4.94. The fraction of sp³-hybridized carbons (Fsp3) is 0.857. The van der Waals surface area contributed by atoms with Gasteiger partial charge in [-0.25, -0.2) is 0 Å². The SMILES string of the molecule is [CH2]CSC(F)(F)CCCC. The molecule has 0 nitrogen and oxygen atoms in total. The van der Waals surface area contributed by atoms with E-state index in [2.05, 4.69) is 6.92 Å². The van der Waals surface area contributed by atoms with Crippen molar-refractivity contribution in [3.8, 4) is 0 Å². The lowest BCUT2D eigenvalue weighted by Crippen LogP contribution is -2.09. The van der Waals surface area contributed by atoms with E-state index in [0.29, 0.717) is 18.2 Å². The third-order valence-electron chi connectivity index (χ3n) is 1.13. The Hall–Kier alpha value is 0.210. The molecule has 0 aromatic rings. The van der Waals surface area contributed by atoms with Crippen molar-refractivity contribution in [3.63, 3.8) is 0 Å². The van der Waals surface area contributed by atoms with Gasteiger partial charge >= 0.3 is 0 Å². The fourth-order valence-corrected chi connectivity index (χ4v) is 1.19. The first kappa shape index (κ1) is 10.2. The van der Waals surface area contributed by atoms with Gasteiger partial charge in [-0.05, 0) is 19.1 Å². The summed E-state index contributed by atoms with van der Waals surface area (Å²) in [5, 5.41) is -2.54. The average Bonchev–Trinajstić information content (AvgIpc) is 1.84. The number of rotatable bonds is 5. The van der Waals surface area contributed by atoms with E-state index in [0.717, 1.165) is 6.42 Å². The highest BCUT2D eigenvalue weighted by Gasteiger charge is 2.26. The highest BCUT2D eigenvalue weighted by atomic mass is 32.2. The molecule has 0 aromatic carbocycles. The first-order valence-corrected chi connectivity index (χ1v) is 4.42. The molecule has 0 saturated heterocycles. The highest BCUT2D eigenvalue weighted by Crippen LogP contribution is 2.33. The molecule has 0 atom stereocenters. The van der Waals surface area contributed by atoms with E-state index in [4.69, 9.17) is 0 Å². The monoisotopic (exact) mass is 167 g/mol. The number of thioether (sulfide) groups is 1. The number of hydrogen-bond acceptors (Lipinski definition) is 1. The van der Waals surface area contributed by atoms with Crippen LogP contribution in [0.2, 0.25) is 0 Å². The van der Waals surface area contributed by atoms with Gasteiger partial charge in [0.05, 0.1) is 0 Å². The second-order valence-corrected chi connectivity index (χ2v) is 3.38. The Morgan fingerprint density at radius 3 is 2.50 bits per heavy atom. The molecule has 1 radical (unpaired) electrons. The molecular formula is C7H13F2S. The van der Waals surface area contributed by atoms with Crippen molar-refractivity contribution < 1.29 is 8.78 Å². The Balaban J connectivity index is 3.42. The van der Waals surface area contributed by atoms with E-state index in [1.807, 2.05) is 6.92 Å². The minimum absolute atomic E-state index is 0.0102. The van der Waals surface area contributed by atoms with Crippen LogP contribution in [-0.2, 0) is 0 Å². The van der Waals surface area contributed by atoms with Gasteiger partial charge in [0.25, 0.3) is 5.25 Å². The van der Waals surface area contributed by atoms with Crippen molar-refractivity contribution in [2.24, 2.45) is 0 Å². The van der Waals surface area contributed by atoms with Crippen molar-refractivity contribution in [2.75, 3.05) is 5.75 Å². The van der Waals surface area contributed by atoms with Gasteiger partial charge in [-0.15, -0.1) is 0 Å². The van der Waals surface area contributed by atoms with Crippen LogP contribution in [0.3, 0.4) is 0 Å². The normalized spacial score (nSPS) is 12.0. The molecule has 0 N–H and O–H groups in total. The van der Waals surface area contributed by atoms with Gasteiger partial charge in [0.1, 0.15) is 0 Å². The summed E-state index contributed by atoms with van der Waals surface area (Å²) in [6.45, 7) is 5.27. The van der Waals surface area contributed by atoms with Gasteiger partial charge in [0, 0.05) is 6.42 Å². The summed E-state index contributed by atoms with van der Waals surface area (Å²) in [5.41, 5.74) is 0. The molecule has 0 fully saturated rings. The molecule has 0 heterocycles. The van der Waals surface area contributed by atoms with Crippen molar-refractivity contribution in [3.05, 3.63) is 6.92 Å². The molecule has 10 heavy (non-hydrogen) atoms. The van der Waals surface area contributed by atoms with Gasteiger partial charge in [-0.2, -0.15) is 8.78 Å². The van der Waals surface area contributed by atoms with Crippen molar-refractivity contribution in [2.45, 2.75) is 31.4 Å². The van der Waals surface area contributed by atoms with Gasteiger partial charge in [0.15, 0.2) is 0 Å². The lowest BCUT2D eigenvalue weighted by molar-refractivity contribution is 0.0931. The topological polar surface area (TPSA) is 0 Å². The van der Waals surface area contributed by atoms with Crippen LogP contribution in [0.25, 0.3) is 0 Å². The van der Waals surface area contributed by atoms with Crippen LogP contribution in [0.1, 0.15) is 26.2 Å². The smallest absolute Gasteiger partial charge is 0.194 e. The van der Waals surface area contributed by atoms with Crippen LogP contribution >= 0.6 is 11.8 Å². The van der Waals surface area contributed by atoms with Crippen LogP contribution < -0.4 is 0 Å². The largest absolute Gasteiger partial charge is 0.293 e. The van der Waals surface area contributed by atoms with Gasteiger partial charge in [-0.3, -0.25) is 0 Å². The standard InChI is InChI=1S/C7H13F2S/c1-3-5-6-7(8,9)10-4-2/h2-6H2,1H3. The molecule has 0 aliphatic heterocycles. The van der Waals surface area contributed by atoms with Gasteiger partial charge in [0.2, 0.25) is 0 Å². The van der Waals surface area contributed by atoms with E-state index in [9.17, 15) is 8.78 Å². The molecule has 3 heteroatoms. The molecule has 0 amide bonds. The molecule has 61 valence electrons. The number of unbranched alkanes of at least 4 members (excludes halogenated alkanes) is 1. The quantitative estimate of drug-likeness (QED) is 0.605. The summed E-state index contributed by atoms with van der Waals surface area (Å²) in [6, 6.07) is 0. The highest BCUT2D eigenvalue weighted by molar-refractivity contribution is 8.00. The summed E-state index contributed by atoms with van der Waals surface area (Å²) in [5.74, 6) is 0.247. The zero-order valence-corrected chi connectivity index (χ0v) is 7.02. The summed E-state index contributed by atoms with van der Waals surface area (Å²) < 4.78 is 25.1. The maximum Gasteiger partial charge on any atom is 0.293 e. The molecule has 0 aromatic heterocycles. The van der Waals surface area contributed by atoms with E-state index in [-0.39, 0.29) is 12.2 Å². The molecular weight excluding hydrogens is 154 g/mol. The molecule has 0 aliphatic carbocycles. The summed E-state index contributed by atoms with van der Waals surface area (Å²) in [6.07, 6.45) is 1.41. The van der Waals surface area contributed by atoms with Crippen LogP contribution in [0.15, 0.2) is 0 Å². The van der Waals surface area contributed by atoms with E-state index < -0.39 is 5.25 Å². The number of hydrogen-bond donors (Lipinski definition) is 0. The Morgan fingerprint density at radius 2 is 2.10 bits per heavy atom. The Kier molecular flexibility index (Phi) is 5.04. The number of alkyl halides is 2. The van der Waals surface area contributed by atoms with Crippen LogP contribution in [-0.4, -0.2) is 11.0 Å². The lowest BCUT2D eigenvalue weighted by atomic mass is 10.3. The van der Waals surface area contributed by atoms with Crippen molar-refractivity contribution in [1.29, 1.82) is 0 Å². The minimum Gasteiger partial charge on any atom is -0.194 e. The summed E-state index contributed by atoms with van der Waals surface area (Å²) in [7, 11) is 0. The average molecular weight is 167 g/mol. The lowest BCUT2D eigenvalue weighted by Gasteiger charge is -2.13. The Bertz CT molecular complexity index is 83.7. The first-order valence-electron chi connectivity index (χ1n) is 3.43. The van der Waals surface area contributed by atoms with E-state index in [1.54, 1.807) is 0 Å². The van der Waals surface area contributed by atoms with Crippen LogP contribution in [0.4, 0.5) is 8.78 Å². The maximum atomic E-state index is 12.5. The predicted molar refractivity (Wildman–Crippen MR) is 42.3 cm³/mol. The molecule has 0 unspecified atom stereocenters. The third kappa shape index (κ3) is 5.03. The third-order valence-corrected chi connectivity index (χ3v) is 1.97. The summed E-state index contributed by atoms with van der Waals surface area (Å²) in [4.78, 5) is 0. The molecule has 0 spiro atoms.